The zero-order chi connectivity index (χ0) is 13.1. The molecule has 1 atom stereocenters. The topological polar surface area (TPSA) is 6.48 Å². The molecule has 2 fully saturated rings. The summed E-state index contributed by atoms with van der Waals surface area (Å²) in [7, 11) is 0. The van der Waals surface area contributed by atoms with Crippen LogP contribution < -0.4 is 0 Å². The van der Waals surface area contributed by atoms with Crippen LogP contribution in [-0.4, -0.2) is 42.0 Å². The van der Waals surface area contributed by atoms with Gasteiger partial charge in [-0.25, -0.2) is 4.39 Å². The van der Waals surface area contributed by atoms with Crippen molar-refractivity contribution in [2.75, 3.05) is 26.2 Å². The van der Waals surface area contributed by atoms with Gasteiger partial charge < -0.3 is 0 Å². The molecule has 0 bridgehead atoms. The second-order valence-corrected chi connectivity index (χ2v) is 5.90. The van der Waals surface area contributed by atoms with Crippen LogP contribution in [0.25, 0.3) is 0 Å². The summed E-state index contributed by atoms with van der Waals surface area (Å²) >= 11 is 0. The quantitative estimate of drug-likeness (QED) is 0.808. The Balaban J connectivity index is 1.62. The van der Waals surface area contributed by atoms with E-state index in [0.717, 1.165) is 12.6 Å². The molecule has 0 radical (unpaired) electrons. The fourth-order valence-electron chi connectivity index (χ4n) is 3.44. The normalized spacial score (nSPS) is 25.8. The fraction of sp³-hybridized carbons (Fsp3) is 0.625. The van der Waals surface area contributed by atoms with E-state index in [4.69, 9.17) is 0 Å². The molecule has 0 N–H and O–H groups in total. The Hall–Kier alpha value is -0.930. The van der Waals surface area contributed by atoms with E-state index in [1.54, 1.807) is 12.1 Å². The van der Waals surface area contributed by atoms with Crippen molar-refractivity contribution in [3.63, 3.8) is 0 Å². The molecule has 0 saturated carbocycles. The molecular formula is C16H23FN2. The van der Waals surface area contributed by atoms with Gasteiger partial charge in [-0.3, -0.25) is 9.80 Å². The van der Waals surface area contributed by atoms with Gasteiger partial charge in [0.2, 0.25) is 0 Å². The van der Waals surface area contributed by atoms with Crippen LogP contribution in [0.15, 0.2) is 24.3 Å². The van der Waals surface area contributed by atoms with E-state index in [0.29, 0.717) is 0 Å². The van der Waals surface area contributed by atoms with Gasteiger partial charge in [0.25, 0.3) is 0 Å². The first-order chi connectivity index (χ1) is 9.31. The molecule has 0 aromatic heterocycles. The minimum Gasteiger partial charge on any atom is -0.299 e. The number of benzene rings is 1. The van der Waals surface area contributed by atoms with Crippen molar-refractivity contribution in [1.82, 2.24) is 9.80 Å². The Labute approximate surface area is 115 Å². The largest absolute Gasteiger partial charge is 0.299 e. The summed E-state index contributed by atoms with van der Waals surface area (Å²) in [4.78, 5) is 5.22. The standard InChI is InChI=1S/C16H23FN2/c17-15-7-5-14(6-8-15)12-18-9-3-11-19-10-2-1-4-16(19)13-18/h5-8,16H,1-4,9-13H2. The average molecular weight is 262 g/mol. The summed E-state index contributed by atoms with van der Waals surface area (Å²) in [6.07, 6.45) is 5.36. The number of fused-ring (bicyclic) bond motifs is 1. The van der Waals surface area contributed by atoms with Crippen LogP contribution >= 0.6 is 0 Å². The van der Waals surface area contributed by atoms with Crippen LogP contribution in [0.3, 0.4) is 0 Å². The lowest BCUT2D eigenvalue weighted by atomic mass is 10.0. The van der Waals surface area contributed by atoms with Crippen molar-refractivity contribution in [2.24, 2.45) is 0 Å². The summed E-state index contributed by atoms with van der Waals surface area (Å²) in [6, 6.07) is 7.72. The first-order valence-corrected chi connectivity index (χ1v) is 7.52. The highest BCUT2D eigenvalue weighted by Crippen LogP contribution is 2.21. The summed E-state index contributed by atoms with van der Waals surface area (Å²) in [5.74, 6) is -0.141. The van der Waals surface area contributed by atoms with Crippen LogP contribution in [0.5, 0.6) is 0 Å². The van der Waals surface area contributed by atoms with Gasteiger partial charge in [-0.1, -0.05) is 18.6 Å². The first kappa shape index (κ1) is 13.1. The molecule has 2 nitrogen and oxygen atoms in total. The smallest absolute Gasteiger partial charge is 0.123 e. The lowest BCUT2D eigenvalue weighted by Gasteiger charge is -2.35. The first-order valence-electron chi connectivity index (χ1n) is 7.52. The molecule has 0 amide bonds. The number of piperidine rings is 1. The third-order valence-electron chi connectivity index (χ3n) is 4.46. The second-order valence-electron chi connectivity index (χ2n) is 5.90. The van der Waals surface area contributed by atoms with Crippen molar-refractivity contribution in [1.29, 1.82) is 0 Å². The Bertz CT molecular complexity index is 404. The van der Waals surface area contributed by atoms with Gasteiger partial charge >= 0.3 is 0 Å². The van der Waals surface area contributed by atoms with E-state index in [-0.39, 0.29) is 5.82 Å². The van der Waals surface area contributed by atoms with Crippen molar-refractivity contribution in [2.45, 2.75) is 38.3 Å². The minimum atomic E-state index is -0.141. The SMILES string of the molecule is Fc1ccc(CN2CCCN3CCCCC3C2)cc1. The maximum absolute atomic E-state index is 12.9. The Morgan fingerprint density at radius 2 is 1.79 bits per heavy atom. The molecule has 2 saturated heterocycles. The van der Waals surface area contributed by atoms with Gasteiger partial charge in [0.15, 0.2) is 0 Å². The van der Waals surface area contributed by atoms with Crippen LogP contribution in [0.1, 0.15) is 31.2 Å². The molecule has 19 heavy (non-hydrogen) atoms. The molecule has 104 valence electrons. The highest BCUT2D eigenvalue weighted by Gasteiger charge is 2.26. The van der Waals surface area contributed by atoms with Crippen molar-refractivity contribution < 1.29 is 4.39 Å². The van der Waals surface area contributed by atoms with Crippen LogP contribution in [0, 0.1) is 5.82 Å². The monoisotopic (exact) mass is 262 g/mol. The number of rotatable bonds is 2. The zero-order valence-corrected chi connectivity index (χ0v) is 11.5. The molecule has 2 aliphatic rings. The Morgan fingerprint density at radius 3 is 2.63 bits per heavy atom. The van der Waals surface area contributed by atoms with Crippen LogP contribution in [0.2, 0.25) is 0 Å². The van der Waals surface area contributed by atoms with Crippen molar-refractivity contribution >= 4 is 0 Å². The predicted molar refractivity (Wildman–Crippen MR) is 75.5 cm³/mol. The van der Waals surface area contributed by atoms with Crippen molar-refractivity contribution in [3.05, 3.63) is 35.6 Å². The second kappa shape index (κ2) is 6.02. The number of hydrogen-bond donors (Lipinski definition) is 0. The summed E-state index contributed by atoms with van der Waals surface area (Å²) in [6.45, 7) is 5.85. The number of hydrogen-bond acceptors (Lipinski definition) is 2. The highest BCUT2D eigenvalue weighted by atomic mass is 19.1. The van der Waals surface area contributed by atoms with Crippen LogP contribution in [-0.2, 0) is 6.54 Å². The molecule has 0 spiro atoms. The van der Waals surface area contributed by atoms with E-state index in [1.807, 2.05) is 12.1 Å². The molecular weight excluding hydrogens is 239 g/mol. The average Bonchev–Trinajstić information content (AvgIpc) is 2.63. The summed E-state index contributed by atoms with van der Waals surface area (Å²) in [5.41, 5.74) is 1.23. The number of nitrogens with zero attached hydrogens (tertiary/aromatic N) is 2. The third-order valence-corrected chi connectivity index (χ3v) is 4.46. The number of halogens is 1. The fourth-order valence-corrected chi connectivity index (χ4v) is 3.44. The molecule has 3 heteroatoms. The molecule has 2 heterocycles. The Morgan fingerprint density at radius 1 is 1.00 bits per heavy atom. The lowest BCUT2D eigenvalue weighted by molar-refractivity contribution is 0.135. The van der Waals surface area contributed by atoms with Gasteiger partial charge in [-0.05, 0) is 56.6 Å². The maximum Gasteiger partial charge on any atom is 0.123 e. The van der Waals surface area contributed by atoms with Gasteiger partial charge in [-0.2, -0.15) is 0 Å². The van der Waals surface area contributed by atoms with E-state index < -0.39 is 0 Å². The lowest BCUT2D eigenvalue weighted by Crippen LogP contribution is -2.43. The summed E-state index contributed by atoms with van der Waals surface area (Å²) < 4.78 is 12.9. The van der Waals surface area contributed by atoms with Gasteiger partial charge in [-0.15, -0.1) is 0 Å². The molecule has 3 rings (SSSR count). The van der Waals surface area contributed by atoms with E-state index in [1.165, 1.54) is 57.4 Å². The maximum atomic E-state index is 12.9. The highest BCUT2D eigenvalue weighted by molar-refractivity contribution is 5.16. The van der Waals surface area contributed by atoms with Crippen molar-refractivity contribution in [3.8, 4) is 0 Å². The van der Waals surface area contributed by atoms with E-state index in [2.05, 4.69) is 9.80 Å². The van der Waals surface area contributed by atoms with E-state index >= 15 is 0 Å². The third kappa shape index (κ3) is 3.34. The van der Waals surface area contributed by atoms with Gasteiger partial charge in [0.05, 0.1) is 0 Å². The van der Waals surface area contributed by atoms with Crippen LogP contribution in [0.4, 0.5) is 4.39 Å². The predicted octanol–water partition coefficient (Wildman–Crippen LogP) is 2.89. The van der Waals surface area contributed by atoms with E-state index in [9.17, 15) is 4.39 Å². The molecule has 1 aromatic rings. The summed E-state index contributed by atoms with van der Waals surface area (Å²) in [5, 5.41) is 0. The zero-order valence-electron chi connectivity index (χ0n) is 11.5. The minimum absolute atomic E-state index is 0.141. The van der Waals surface area contributed by atoms with Gasteiger partial charge in [0, 0.05) is 19.1 Å². The molecule has 0 aliphatic carbocycles. The Kier molecular flexibility index (Phi) is 4.14. The van der Waals surface area contributed by atoms with Gasteiger partial charge in [0.1, 0.15) is 5.82 Å². The molecule has 1 aromatic carbocycles. The molecule has 2 aliphatic heterocycles. The molecule has 1 unspecified atom stereocenters.